The molecule has 1 atom stereocenters. The van der Waals surface area contributed by atoms with Crippen molar-refractivity contribution >= 4 is 0 Å². The van der Waals surface area contributed by atoms with Crippen LogP contribution in [-0.4, -0.2) is 45.1 Å². The lowest BCUT2D eigenvalue weighted by Crippen LogP contribution is -2.43. The number of rotatable bonds is 9. The Morgan fingerprint density at radius 1 is 1.10 bits per heavy atom. The molecule has 0 amide bonds. The van der Waals surface area contributed by atoms with Crippen LogP contribution in [0.3, 0.4) is 0 Å². The summed E-state index contributed by atoms with van der Waals surface area (Å²) in [6, 6.07) is 9.76. The topological polar surface area (TPSA) is 39.7 Å². The second-order valence-electron chi connectivity index (χ2n) is 5.74. The predicted octanol–water partition coefficient (Wildman–Crippen LogP) is 2.49. The molecule has 0 aliphatic heterocycles. The standard InChI is InChI=1S/C16H27NO3/c1-16(2,3)17-12-15(13-18-4)20-11-10-19-14-8-6-5-7-9-14/h5-9,15,17H,10-13H2,1-4H3. The van der Waals surface area contributed by atoms with E-state index < -0.39 is 0 Å². The minimum atomic E-state index is 0.0404. The molecule has 1 N–H and O–H groups in total. The first-order chi connectivity index (χ1) is 9.51. The fraction of sp³-hybridized carbons (Fsp3) is 0.625. The average molecular weight is 281 g/mol. The summed E-state index contributed by atoms with van der Waals surface area (Å²) in [4.78, 5) is 0. The number of para-hydroxylation sites is 1. The Kier molecular flexibility index (Phi) is 7.59. The van der Waals surface area contributed by atoms with E-state index in [2.05, 4.69) is 26.1 Å². The van der Waals surface area contributed by atoms with E-state index in [0.29, 0.717) is 19.8 Å². The lowest BCUT2D eigenvalue weighted by molar-refractivity contribution is -0.0139. The molecule has 0 saturated heterocycles. The number of hydrogen-bond acceptors (Lipinski definition) is 4. The van der Waals surface area contributed by atoms with Crippen LogP contribution < -0.4 is 10.1 Å². The maximum absolute atomic E-state index is 5.79. The lowest BCUT2D eigenvalue weighted by Gasteiger charge is -2.25. The van der Waals surface area contributed by atoms with Gasteiger partial charge in [-0.1, -0.05) is 18.2 Å². The van der Waals surface area contributed by atoms with E-state index in [1.807, 2.05) is 30.3 Å². The minimum Gasteiger partial charge on any atom is -0.491 e. The Morgan fingerprint density at radius 3 is 2.40 bits per heavy atom. The van der Waals surface area contributed by atoms with E-state index in [0.717, 1.165) is 12.3 Å². The summed E-state index contributed by atoms with van der Waals surface area (Å²) < 4.78 is 16.6. The monoisotopic (exact) mass is 281 g/mol. The number of methoxy groups -OCH3 is 1. The van der Waals surface area contributed by atoms with E-state index in [1.165, 1.54) is 0 Å². The molecule has 4 heteroatoms. The Morgan fingerprint density at radius 2 is 1.80 bits per heavy atom. The van der Waals surface area contributed by atoms with Crippen molar-refractivity contribution in [3.05, 3.63) is 30.3 Å². The molecule has 1 aromatic rings. The molecular formula is C16H27NO3. The first-order valence-corrected chi connectivity index (χ1v) is 7.04. The molecule has 0 bridgehead atoms. The van der Waals surface area contributed by atoms with Crippen LogP contribution in [0.5, 0.6) is 5.75 Å². The zero-order valence-corrected chi connectivity index (χ0v) is 13.0. The number of ether oxygens (including phenoxy) is 3. The molecule has 1 aromatic carbocycles. The van der Waals surface area contributed by atoms with Crippen LogP contribution in [0.2, 0.25) is 0 Å². The molecule has 0 aliphatic carbocycles. The highest BCUT2D eigenvalue weighted by Gasteiger charge is 2.14. The number of hydrogen-bond donors (Lipinski definition) is 1. The van der Waals surface area contributed by atoms with E-state index >= 15 is 0 Å². The lowest BCUT2D eigenvalue weighted by atomic mass is 10.1. The van der Waals surface area contributed by atoms with Gasteiger partial charge in [-0.3, -0.25) is 0 Å². The Balaban J connectivity index is 2.21. The number of nitrogens with one attached hydrogen (secondary N) is 1. The van der Waals surface area contributed by atoms with Crippen molar-refractivity contribution in [2.75, 3.05) is 33.5 Å². The van der Waals surface area contributed by atoms with E-state index in [1.54, 1.807) is 7.11 Å². The molecule has 0 heterocycles. The van der Waals surface area contributed by atoms with Gasteiger partial charge in [0.05, 0.1) is 19.3 Å². The van der Waals surface area contributed by atoms with E-state index in [9.17, 15) is 0 Å². The van der Waals surface area contributed by atoms with Gasteiger partial charge in [0.1, 0.15) is 12.4 Å². The molecule has 0 radical (unpaired) electrons. The Hall–Kier alpha value is -1.10. The average Bonchev–Trinajstić information content (AvgIpc) is 2.41. The van der Waals surface area contributed by atoms with Gasteiger partial charge in [-0.2, -0.15) is 0 Å². The van der Waals surface area contributed by atoms with Gasteiger partial charge in [0.2, 0.25) is 0 Å². The van der Waals surface area contributed by atoms with Crippen molar-refractivity contribution in [1.29, 1.82) is 0 Å². The predicted molar refractivity (Wildman–Crippen MR) is 81.3 cm³/mol. The Bertz CT molecular complexity index is 348. The maximum atomic E-state index is 5.79. The second-order valence-corrected chi connectivity index (χ2v) is 5.74. The quantitative estimate of drug-likeness (QED) is 0.706. The normalized spacial score (nSPS) is 13.2. The molecule has 0 saturated carbocycles. The molecule has 1 unspecified atom stereocenters. The van der Waals surface area contributed by atoms with Crippen molar-refractivity contribution < 1.29 is 14.2 Å². The highest BCUT2D eigenvalue weighted by atomic mass is 16.5. The van der Waals surface area contributed by atoms with Crippen LogP contribution in [-0.2, 0) is 9.47 Å². The largest absolute Gasteiger partial charge is 0.491 e. The summed E-state index contributed by atoms with van der Waals surface area (Å²) in [5, 5.41) is 3.42. The molecule has 4 nitrogen and oxygen atoms in total. The van der Waals surface area contributed by atoms with Gasteiger partial charge in [-0.05, 0) is 32.9 Å². The van der Waals surface area contributed by atoms with Crippen LogP contribution >= 0.6 is 0 Å². The van der Waals surface area contributed by atoms with Crippen LogP contribution in [0.15, 0.2) is 30.3 Å². The zero-order chi connectivity index (χ0) is 14.8. The summed E-state index contributed by atoms with van der Waals surface area (Å²) in [6.45, 7) is 8.84. The molecule has 0 aromatic heterocycles. The third-order valence-electron chi connectivity index (χ3n) is 2.66. The fourth-order valence-corrected chi connectivity index (χ4v) is 1.66. The van der Waals surface area contributed by atoms with Gasteiger partial charge < -0.3 is 19.5 Å². The molecule has 114 valence electrons. The smallest absolute Gasteiger partial charge is 0.119 e. The van der Waals surface area contributed by atoms with Gasteiger partial charge in [0.25, 0.3) is 0 Å². The second kappa shape index (κ2) is 8.95. The van der Waals surface area contributed by atoms with Crippen LogP contribution in [0.1, 0.15) is 20.8 Å². The van der Waals surface area contributed by atoms with Crippen molar-refractivity contribution in [3.63, 3.8) is 0 Å². The van der Waals surface area contributed by atoms with Gasteiger partial charge in [-0.25, -0.2) is 0 Å². The highest BCUT2D eigenvalue weighted by Crippen LogP contribution is 2.08. The van der Waals surface area contributed by atoms with Crippen LogP contribution in [0, 0.1) is 0 Å². The summed E-state index contributed by atoms with van der Waals surface area (Å²) in [6.07, 6.45) is 0.0404. The number of benzene rings is 1. The third-order valence-corrected chi connectivity index (χ3v) is 2.66. The molecule has 1 rings (SSSR count). The van der Waals surface area contributed by atoms with E-state index in [-0.39, 0.29) is 11.6 Å². The first-order valence-electron chi connectivity index (χ1n) is 7.04. The van der Waals surface area contributed by atoms with Gasteiger partial charge in [0.15, 0.2) is 0 Å². The summed E-state index contributed by atoms with van der Waals surface area (Å²) in [5.74, 6) is 0.868. The minimum absolute atomic E-state index is 0.0404. The molecular weight excluding hydrogens is 254 g/mol. The Labute approximate surface area is 122 Å². The molecule has 0 spiro atoms. The van der Waals surface area contributed by atoms with Crippen molar-refractivity contribution in [3.8, 4) is 5.75 Å². The van der Waals surface area contributed by atoms with Crippen LogP contribution in [0.4, 0.5) is 0 Å². The summed E-state index contributed by atoms with van der Waals surface area (Å²) in [5.41, 5.74) is 0.0793. The van der Waals surface area contributed by atoms with E-state index in [4.69, 9.17) is 14.2 Å². The molecule has 0 fully saturated rings. The summed E-state index contributed by atoms with van der Waals surface area (Å²) in [7, 11) is 1.69. The van der Waals surface area contributed by atoms with Crippen molar-refractivity contribution in [2.24, 2.45) is 0 Å². The van der Waals surface area contributed by atoms with Gasteiger partial charge in [-0.15, -0.1) is 0 Å². The van der Waals surface area contributed by atoms with Crippen molar-refractivity contribution in [1.82, 2.24) is 5.32 Å². The van der Waals surface area contributed by atoms with Crippen LogP contribution in [0.25, 0.3) is 0 Å². The first kappa shape index (κ1) is 17.0. The third kappa shape index (κ3) is 8.15. The maximum Gasteiger partial charge on any atom is 0.119 e. The van der Waals surface area contributed by atoms with Gasteiger partial charge >= 0.3 is 0 Å². The van der Waals surface area contributed by atoms with Gasteiger partial charge in [0, 0.05) is 19.2 Å². The van der Waals surface area contributed by atoms with Crippen molar-refractivity contribution in [2.45, 2.75) is 32.4 Å². The summed E-state index contributed by atoms with van der Waals surface area (Å²) >= 11 is 0. The SMILES string of the molecule is COCC(CNC(C)(C)C)OCCOc1ccccc1. The molecule has 20 heavy (non-hydrogen) atoms. The molecule has 0 aliphatic rings. The highest BCUT2D eigenvalue weighted by molar-refractivity contribution is 5.20. The fourth-order valence-electron chi connectivity index (χ4n) is 1.66. The zero-order valence-electron chi connectivity index (χ0n) is 13.0.